The zero-order valence-corrected chi connectivity index (χ0v) is 17.7. The minimum absolute atomic E-state index is 0.0337. The van der Waals surface area contributed by atoms with Gasteiger partial charge in [-0.15, -0.1) is 0 Å². The first kappa shape index (κ1) is 22.5. The van der Waals surface area contributed by atoms with E-state index in [9.17, 15) is 16.8 Å². The summed E-state index contributed by atoms with van der Waals surface area (Å²) in [5.74, 6) is 0. The molecular formula is C19H27N3O4S2. The van der Waals surface area contributed by atoms with Crippen molar-refractivity contribution >= 4 is 20.0 Å². The maximum atomic E-state index is 12.7. The largest absolute Gasteiger partial charge is 0.299 e. The monoisotopic (exact) mass is 425 g/mol. The van der Waals surface area contributed by atoms with E-state index in [0.29, 0.717) is 6.42 Å². The van der Waals surface area contributed by atoms with Gasteiger partial charge in [-0.25, -0.2) is 26.7 Å². The molecule has 28 heavy (non-hydrogen) atoms. The van der Waals surface area contributed by atoms with Gasteiger partial charge >= 0.3 is 0 Å². The highest BCUT2D eigenvalue weighted by molar-refractivity contribution is 7.90. The molecule has 0 saturated carbocycles. The lowest BCUT2D eigenvalue weighted by molar-refractivity contribution is 0.216. The molecule has 1 atom stereocenters. The Hall–Kier alpha value is -1.78. The van der Waals surface area contributed by atoms with Gasteiger partial charge in [0, 0.05) is 12.6 Å². The first-order valence-electron chi connectivity index (χ1n) is 9.08. The minimum Gasteiger partial charge on any atom is -0.299 e. The van der Waals surface area contributed by atoms with Crippen LogP contribution in [-0.2, 0) is 26.5 Å². The topological polar surface area (TPSA) is 110 Å². The van der Waals surface area contributed by atoms with Gasteiger partial charge < -0.3 is 0 Å². The zero-order chi connectivity index (χ0) is 20.8. The maximum absolute atomic E-state index is 12.7. The molecule has 0 aromatic heterocycles. The van der Waals surface area contributed by atoms with Crippen molar-refractivity contribution in [3.63, 3.8) is 0 Å². The second kappa shape index (κ2) is 9.62. The molecule has 0 fully saturated rings. The van der Waals surface area contributed by atoms with Crippen molar-refractivity contribution in [3.05, 3.63) is 60.2 Å². The molecule has 0 unspecified atom stereocenters. The van der Waals surface area contributed by atoms with Crippen molar-refractivity contribution < 1.29 is 16.8 Å². The molecule has 0 aliphatic carbocycles. The third kappa shape index (κ3) is 6.11. The average Bonchev–Trinajstić information content (AvgIpc) is 2.67. The molecular weight excluding hydrogens is 398 g/mol. The number of rotatable bonds is 10. The summed E-state index contributed by atoms with van der Waals surface area (Å²) in [7, 11) is -7.86. The quantitative estimate of drug-likeness (QED) is 0.600. The molecule has 0 amide bonds. The molecule has 0 bridgehead atoms. The summed E-state index contributed by atoms with van der Waals surface area (Å²) in [6.45, 7) is 5.85. The number of hydrogen-bond donors (Lipinski definition) is 2. The number of primary sulfonamides is 1. The summed E-state index contributed by atoms with van der Waals surface area (Å²) in [5.41, 5.74) is 1.12. The fraction of sp³-hybridized carbons (Fsp3) is 0.368. The second-order valence-electron chi connectivity index (χ2n) is 6.44. The SMILES string of the molecule is CCN(CC)[C@@H](CNS(=O)(=O)c1cccc(S(N)(=O)=O)c1)Cc1ccccc1. The van der Waals surface area contributed by atoms with Crippen LogP contribution in [0.25, 0.3) is 0 Å². The van der Waals surface area contributed by atoms with Gasteiger partial charge in [0.25, 0.3) is 0 Å². The van der Waals surface area contributed by atoms with E-state index in [0.717, 1.165) is 24.7 Å². The van der Waals surface area contributed by atoms with Crippen LogP contribution in [0.4, 0.5) is 0 Å². The van der Waals surface area contributed by atoms with Crippen molar-refractivity contribution in [2.24, 2.45) is 5.14 Å². The van der Waals surface area contributed by atoms with Crippen LogP contribution in [0.1, 0.15) is 19.4 Å². The van der Waals surface area contributed by atoms with Crippen LogP contribution in [0.3, 0.4) is 0 Å². The number of sulfonamides is 2. The molecule has 9 heteroatoms. The molecule has 2 rings (SSSR count). The van der Waals surface area contributed by atoms with E-state index in [4.69, 9.17) is 5.14 Å². The Balaban J connectivity index is 2.21. The first-order valence-corrected chi connectivity index (χ1v) is 12.1. The van der Waals surface area contributed by atoms with Crippen molar-refractivity contribution in [1.29, 1.82) is 0 Å². The predicted molar refractivity (Wildman–Crippen MR) is 110 cm³/mol. The molecule has 7 nitrogen and oxygen atoms in total. The lowest BCUT2D eigenvalue weighted by Crippen LogP contribution is -2.45. The molecule has 2 aromatic rings. The van der Waals surface area contributed by atoms with Gasteiger partial charge in [-0.1, -0.05) is 50.2 Å². The first-order chi connectivity index (χ1) is 13.2. The number of likely N-dealkylation sites (N-methyl/N-ethyl adjacent to an activating group) is 1. The van der Waals surface area contributed by atoms with Gasteiger partial charge in [0.15, 0.2) is 0 Å². The van der Waals surface area contributed by atoms with E-state index in [1.165, 1.54) is 18.2 Å². The Bertz CT molecular complexity index is 973. The molecule has 0 radical (unpaired) electrons. The van der Waals surface area contributed by atoms with Crippen molar-refractivity contribution in [2.45, 2.75) is 36.1 Å². The highest BCUT2D eigenvalue weighted by atomic mass is 32.2. The van der Waals surface area contributed by atoms with Crippen LogP contribution in [-0.4, -0.2) is 47.4 Å². The highest BCUT2D eigenvalue weighted by Crippen LogP contribution is 2.15. The van der Waals surface area contributed by atoms with Crippen LogP contribution < -0.4 is 9.86 Å². The van der Waals surface area contributed by atoms with Crippen LogP contribution >= 0.6 is 0 Å². The fourth-order valence-electron chi connectivity index (χ4n) is 3.06. The summed E-state index contributed by atoms with van der Waals surface area (Å²) in [6, 6.07) is 14.9. The number of hydrogen-bond acceptors (Lipinski definition) is 5. The predicted octanol–water partition coefficient (Wildman–Crippen LogP) is 1.57. The summed E-state index contributed by atoms with van der Waals surface area (Å²) >= 11 is 0. The summed E-state index contributed by atoms with van der Waals surface area (Å²) < 4.78 is 51.0. The Morgan fingerprint density at radius 3 is 2.11 bits per heavy atom. The van der Waals surface area contributed by atoms with Gasteiger partial charge in [-0.3, -0.25) is 4.90 Å². The van der Waals surface area contributed by atoms with Crippen LogP contribution in [0.5, 0.6) is 0 Å². The lowest BCUT2D eigenvalue weighted by atomic mass is 10.0. The molecule has 0 saturated heterocycles. The molecule has 0 heterocycles. The van der Waals surface area contributed by atoms with Gasteiger partial charge in [0.2, 0.25) is 20.0 Å². The van der Waals surface area contributed by atoms with Crippen LogP contribution in [0.2, 0.25) is 0 Å². The van der Waals surface area contributed by atoms with Gasteiger partial charge in [-0.2, -0.15) is 0 Å². The zero-order valence-electron chi connectivity index (χ0n) is 16.1. The third-order valence-electron chi connectivity index (χ3n) is 4.60. The maximum Gasteiger partial charge on any atom is 0.240 e. The van der Waals surface area contributed by atoms with Crippen molar-refractivity contribution in [3.8, 4) is 0 Å². The van der Waals surface area contributed by atoms with Gasteiger partial charge in [0.05, 0.1) is 9.79 Å². The number of nitrogens with two attached hydrogens (primary N) is 1. The number of nitrogens with one attached hydrogen (secondary N) is 1. The molecule has 154 valence electrons. The summed E-state index contributed by atoms with van der Waals surface area (Å²) in [5, 5.41) is 5.10. The van der Waals surface area contributed by atoms with E-state index in [2.05, 4.69) is 9.62 Å². The lowest BCUT2D eigenvalue weighted by Gasteiger charge is -2.30. The van der Waals surface area contributed by atoms with Crippen LogP contribution in [0.15, 0.2) is 64.4 Å². The number of nitrogens with zero attached hydrogens (tertiary/aromatic N) is 1. The molecule has 0 aliphatic heterocycles. The average molecular weight is 426 g/mol. The molecule has 0 spiro atoms. The Morgan fingerprint density at radius 2 is 1.54 bits per heavy atom. The molecule has 0 aliphatic rings. The molecule has 2 aromatic carbocycles. The van der Waals surface area contributed by atoms with E-state index in [-0.39, 0.29) is 22.4 Å². The Kier molecular flexibility index (Phi) is 7.73. The third-order valence-corrected chi connectivity index (χ3v) is 6.93. The number of benzene rings is 2. The van der Waals surface area contributed by atoms with Crippen molar-refractivity contribution in [1.82, 2.24) is 9.62 Å². The van der Waals surface area contributed by atoms with E-state index in [1.807, 2.05) is 44.2 Å². The Morgan fingerprint density at radius 1 is 0.929 bits per heavy atom. The smallest absolute Gasteiger partial charge is 0.240 e. The Labute approximate surface area is 167 Å². The standard InChI is InChI=1S/C19H27N3O4S2/c1-3-22(4-2)17(13-16-9-6-5-7-10-16)15-21-28(25,26)19-12-8-11-18(14-19)27(20,23)24/h5-12,14,17,21H,3-4,13,15H2,1-2H3,(H2,20,23,24)/t17-/m1/s1. The van der Waals surface area contributed by atoms with E-state index in [1.54, 1.807) is 0 Å². The fourth-order valence-corrected chi connectivity index (χ4v) is 4.82. The summed E-state index contributed by atoms with van der Waals surface area (Å²) in [6.07, 6.45) is 0.697. The normalized spacial score (nSPS) is 13.6. The second-order valence-corrected chi connectivity index (χ2v) is 9.76. The minimum atomic E-state index is -3.98. The van der Waals surface area contributed by atoms with Crippen molar-refractivity contribution in [2.75, 3.05) is 19.6 Å². The highest BCUT2D eigenvalue weighted by Gasteiger charge is 2.22. The van der Waals surface area contributed by atoms with Gasteiger partial charge in [0.1, 0.15) is 0 Å². The van der Waals surface area contributed by atoms with Gasteiger partial charge in [-0.05, 0) is 43.3 Å². The van der Waals surface area contributed by atoms with E-state index >= 15 is 0 Å². The van der Waals surface area contributed by atoms with Crippen LogP contribution in [0, 0.1) is 0 Å². The van der Waals surface area contributed by atoms with E-state index < -0.39 is 20.0 Å². The molecule has 3 N–H and O–H groups in total. The summed E-state index contributed by atoms with van der Waals surface area (Å²) in [4.78, 5) is 1.83.